The molecule has 1 aliphatic rings. The van der Waals surface area contributed by atoms with Crippen molar-refractivity contribution in [3.05, 3.63) is 151 Å². The van der Waals surface area contributed by atoms with Crippen molar-refractivity contribution in [3.8, 4) is 22.3 Å². The molecule has 6 aromatic rings. The molecule has 0 saturated heterocycles. The van der Waals surface area contributed by atoms with E-state index in [1.54, 1.807) is 6.20 Å². The lowest BCUT2D eigenvalue weighted by atomic mass is 9.86. The second kappa shape index (κ2) is 10.8. The number of rotatable bonds is 5. The summed E-state index contributed by atoms with van der Waals surface area (Å²) in [6.45, 7) is 1.97. The first-order valence-electron chi connectivity index (χ1n) is 14.0. The van der Waals surface area contributed by atoms with Gasteiger partial charge in [-0.05, 0) is 98.3 Å². The lowest BCUT2D eigenvalue weighted by molar-refractivity contribution is 1.19. The number of pyridine rings is 1. The third-order valence-corrected chi connectivity index (χ3v) is 7.70. The predicted octanol–water partition coefficient (Wildman–Crippen LogP) is 9.47. The number of hydrogen-bond acceptors (Lipinski definition) is 4. The Balaban J connectivity index is 1.22. The summed E-state index contributed by atoms with van der Waals surface area (Å²) in [5.41, 5.74) is 12.8. The summed E-state index contributed by atoms with van der Waals surface area (Å²) < 4.78 is 0. The van der Waals surface area contributed by atoms with E-state index in [1.165, 1.54) is 38.2 Å². The fourth-order valence-electron chi connectivity index (χ4n) is 5.73. The molecule has 0 saturated carbocycles. The van der Waals surface area contributed by atoms with Gasteiger partial charge in [-0.1, -0.05) is 97.1 Å². The van der Waals surface area contributed by atoms with Crippen molar-refractivity contribution < 1.29 is 0 Å². The molecule has 5 aromatic carbocycles. The molecule has 0 radical (unpaired) electrons. The van der Waals surface area contributed by atoms with E-state index in [9.17, 15) is 0 Å². The zero-order chi connectivity index (χ0) is 28.5. The predicted molar refractivity (Wildman–Crippen MR) is 177 cm³/mol. The normalized spacial score (nSPS) is 14.0. The van der Waals surface area contributed by atoms with Crippen molar-refractivity contribution in [2.75, 3.05) is 5.43 Å². The molecule has 1 aliphatic carbocycles. The standard InChI is InChI=1S/C38H28N4/c1-25-23-29(21-22-40-25)28-17-20-36(35(39)24-28)42-41-30-18-15-27(16-19-30)38-33-13-7-5-11-31(33)37(26-9-3-2-4-10-26)32-12-6-8-14-34(32)38/h2-24,39,41H,1H3. The summed E-state index contributed by atoms with van der Waals surface area (Å²) in [5.74, 6) is 0. The molecule has 4 nitrogen and oxygen atoms in total. The number of fused-ring (bicyclic) bond motifs is 2. The Hall–Kier alpha value is -5.61. The number of hydrazone groups is 1. The van der Waals surface area contributed by atoms with E-state index < -0.39 is 0 Å². The van der Waals surface area contributed by atoms with Crippen molar-refractivity contribution >= 4 is 44.2 Å². The fraction of sp³-hybridized carbons (Fsp3) is 0.0263. The molecule has 0 unspecified atom stereocenters. The topological polar surface area (TPSA) is 61.1 Å². The monoisotopic (exact) mass is 540 g/mol. The Labute approximate surface area is 244 Å². The van der Waals surface area contributed by atoms with Gasteiger partial charge in [-0.25, -0.2) is 0 Å². The molecule has 0 atom stereocenters. The van der Waals surface area contributed by atoms with Crippen LogP contribution < -0.4 is 5.43 Å². The second-order valence-corrected chi connectivity index (χ2v) is 10.4. The number of aromatic nitrogens is 1. The average molecular weight is 541 g/mol. The van der Waals surface area contributed by atoms with Gasteiger partial charge in [0.25, 0.3) is 0 Å². The van der Waals surface area contributed by atoms with Crippen LogP contribution in [-0.2, 0) is 0 Å². The summed E-state index contributed by atoms with van der Waals surface area (Å²) in [6, 6.07) is 40.4. The van der Waals surface area contributed by atoms with E-state index >= 15 is 0 Å². The van der Waals surface area contributed by atoms with Crippen molar-refractivity contribution in [1.82, 2.24) is 4.98 Å². The lowest BCUT2D eigenvalue weighted by Crippen LogP contribution is -2.13. The highest BCUT2D eigenvalue weighted by Crippen LogP contribution is 2.43. The highest BCUT2D eigenvalue weighted by molar-refractivity contribution is 6.51. The van der Waals surface area contributed by atoms with Crippen LogP contribution in [0.3, 0.4) is 0 Å². The zero-order valence-corrected chi connectivity index (χ0v) is 23.2. The molecular weight excluding hydrogens is 512 g/mol. The van der Waals surface area contributed by atoms with E-state index in [-0.39, 0.29) is 0 Å². The molecular formula is C38H28N4. The highest BCUT2D eigenvalue weighted by Gasteiger charge is 2.16. The number of hydrogen-bond donors (Lipinski definition) is 2. The Bertz CT molecular complexity index is 2010. The maximum atomic E-state index is 8.51. The van der Waals surface area contributed by atoms with Crippen molar-refractivity contribution in [1.29, 1.82) is 5.41 Å². The van der Waals surface area contributed by atoms with Crippen LogP contribution in [0.4, 0.5) is 5.69 Å². The van der Waals surface area contributed by atoms with Crippen LogP contribution in [-0.4, -0.2) is 16.4 Å². The van der Waals surface area contributed by atoms with Crippen LogP contribution >= 0.6 is 0 Å². The van der Waals surface area contributed by atoms with Gasteiger partial charge in [-0.3, -0.25) is 15.8 Å². The summed E-state index contributed by atoms with van der Waals surface area (Å²) in [4.78, 5) is 4.26. The Morgan fingerprint density at radius 2 is 1.19 bits per heavy atom. The smallest absolute Gasteiger partial charge is 0.108 e. The Morgan fingerprint density at radius 1 is 0.619 bits per heavy atom. The molecule has 1 heterocycles. The summed E-state index contributed by atoms with van der Waals surface area (Å²) in [7, 11) is 0. The number of anilines is 1. The van der Waals surface area contributed by atoms with Gasteiger partial charge in [0.2, 0.25) is 0 Å². The Morgan fingerprint density at radius 3 is 1.76 bits per heavy atom. The van der Waals surface area contributed by atoms with Gasteiger partial charge in [-0.2, -0.15) is 5.10 Å². The first-order chi connectivity index (χ1) is 20.7. The van der Waals surface area contributed by atoms with Gasteiger partial charge in [0.15, 0.2) is 0 Å². The number of allylic oxidation sites excluding steroid dienone is 4. The summed E-state index contributed by atoms with van der Waals surface area (Å²) >= 11 is 0. The van der Waals surface area contributed by atoms with Crippen LogP contribution in [0.5, 0.6) is 0 Å². The van der Waals surface area contributed by atoms with E-state index in [2.05, 4.69) is 107 Å². The molecule has 0 aliphatic heterocycles. The summed E-state index contributed by atoms with van der Waals surface area (Å²) in [5, 5.41) is 18.0. The largest absolute Gasteiger partial charge is 0.299 e. The number of aryl methyl sites for hydroxylation is 1. The molecule has 0 amide bonds. The molecule has 0 bridgehead atoms. The van der Waals surface area contributed by atoms with Crippen LogP contribution in [0.1, 0.15) is 11.3 Å². The molecule has 200 valence electrons. The highest BCUT2D eigenvalue weighted by atomic mass is 15.3. The quantitative estimate of drug-likeness (QED) is 0.130. The molecule has 4 heteroatoms. The Kier molecular flexibility index (Phi) is 6.49. The van der Waals surface area contributed by atoms with Gasteiger partial charge in [0.05, 0.1) is 11.4 Å². The van der Waals surface area contributed by atoms with Gasteiger partial charge < -0.3 is 0 Å². The minimum atomic E-state index is 0.363. The van der Waals surface area contributed by atoms with Crippen molar-refractivity contribution in [3.63, 3.8) is 0 Å². The average Bonchev–Trinajstić information content (AvgIpc) is 3.04. The van der Waals surface area contributed by atoms with Gasteiger partial charge in [0, 0.05) is 11.9 Å². The number of nitrogens with one attached hydrogen (secondary N) is 2. The summed E-state index contributed by atoms with van der Waals surface area (Å²) in [6.07, 6.45) is 7.50. The van der Waals surface area contributed by atoms with E-state index in [0.717, 1.165) is 28.1 Å². The third kappa shape index (κ3) is 4.69. The fourth-order valence-corrected chi connectivity index (χ4v) is 5.73. The zero-order valence-electron chi connectivity index (χ0n) is 23.2. The lowest BCUT2D eigenvalue weighted by Gasteiger charge is -2.18. The first-order valence-corrected chi connectivity index (χ1v) is 14.0. The second-order valence-electron chi connectivity index (χ2n) is 10.4. The third-order valence-electron chi connectivity index (χ3n) is 7.70. The van der Waals surface area contributed by atoms with Crippen LogP contribution in [0, 0.1) is 12.3 Å². The van der Waals surface area contributed by atoms with Crippen LogP contribution in [0.25, 0.3) is 49.4 Å². The SMILES string of the molecule is Cc1cc(C2=CC(=N)C(=NNc3ccc(-c4c5ccccc5c(-c5ccccc5)c5ccccc45)cc3)C=C2)ccn1. The molecule has 1 aromatic heterocycles. The van der Waals surface area contributed by atoms with E-state index in [0.29, 0.717) is 11.4 Å². The van der Waals surface area contributed by atoms with E-state index in [1.807, 2.05) is 49.4 Å². The van der Waals surface area contributed by atoms with Crippen LogP contribution in [0.2, 0.25) is 0 Å². The number of benzene rings is 5. The van der Waals surface area contributed by atoms with Crippen molar-refractivity contribution in [2.24, 2.45) is 5.10 Å². The molecule has 2 N–H and O–H groups in total. The van der Waals surface area contributed by atoms with Crippen molar-refractivity contribution in [2.45, 2.75) is 6.92 Å². The molecule has 42 heavy (non-hydrogen) atoms. The minimum absolute atomic E-state index is 0.363. The van der Waals surface area contributed by atoms with Gasteiger partial charge in [-0.15, -0.1) is 0 Å². The number of nitrogens with zero attached hydrogens (tertiary/aromatic N) is 2. The maximum absolute atomic E-state index is 8.51. The first kappa shape index (κ1) is 25.4. The van der Waals surface area contributed by atoms with Gasteiger partial charge in [0.1, 0.15) is 5.71 Å². The minimum Gasteiger partial charge on any atom is -0.299 e. The molecule has 7 rings (SSSR count). The van der Waals surface area contributed by atoms with E-state index in [4.69, 9.17) is 5.41 Å². The molecule has 0 spiro atoms. The molecule has 0 fully saturated rings. The van der Waals surface area contributed by atoms with Gasteiger partial charge >= 0.3 is 0 Å². The maximum Gasteiger partial charge on any atom is 0.108 e. The van der Waals surface area contributed by atoms with Crippen LogP contribution in [0.15, 0.2) is 145 Å².